The first-order chi connectivity index (χ1) is 7.92. The number of amides is 2. The predicted octanol–water partition coefficient (Wildman–Crippen LogP) is 1.26. The largest absolute Gasteiger partial charge is 0.342 e. The summed E-state index contributed by atoms with van der Waals surface area (Å²) in [5, 5.41) is 3.24. The van der Waals surface area contributed by atoms with Crippen molar-refractivity contribution in [3.63, 3.8) is 0 Å². The molecule has 0 aromatic heterocycles. The van der Waals surface area contributed by atoms with E-state index in [9.17, 15) is 9.59 Å². The van der Waals surface area contributed by atoms with Crippen molar-refractivity contribution < 1.29 is 9.59 Å². The van der Waals surface area contributed by atoms with Crippen LogP contribution in [-0.2, 0) is 9.59 Å². The van der Waals surface area contributed by atoms with Gasteiger partial charge in [0.25, 0.3) is 0 Å². The summed E-state index contributed by atoms with van der Waals surface area (Å²) in [6.45, 7) is 7.09. The Hall–Kier alpha value is -0.710. The minimum Gasteiger partial charge on any atom is -0.342 e. The summed E-state index contributed by atoms with van der Waals surface area (Å²) in [6, 6.07) is 0. The van der Waals surface area contributed by atoms with Crippen LogP contribution in [0.3, 0.4) is 0 Å². The molecule has 1 saturated heterocycles. The molecule has 0 aromatic rings. The zero-order valence-electron chi connectivity index (χ0n) is 11.1. The maximum atomic E-state index is 12.4. The lowest BCUT2D eigenvalue weighted by Crippen LogP contribution is -2.55. The summed E-state index contributed by atoms with van der Waals surface area (Å²) in [5.74, 6) is 0.0220. The minimum absolute atomic E-state index is 0.0259. The summed E-state index contributed by atoms with van der Waals surface area (Å²) in [4.78, 5) is 25.8. The Balaban J connectivity index is 2.84. The normalized spacial score (nSPS) is 27.6. The lowest BCUT2D eigenvalue weighted by molar-refractivity contribution is -0.138. The number of hydrogen-bond acceptors (Lipinski definition) is 3. The second-order valence-corrected chi connectivity index (χ2v) is 6.06. The van der Waals surface area contributed by atoms with E-state index in [1.807, 2.05) is 25.0 Å². The van der Waals surface area contributed by atoms with Crippen LogP contribution >= 0.6 is 11.8 Å². The molecule has 2 unspecified atom stereocenters. The van der Waals surface area contributed by atoms with Gasteiger partial charge < -0.3 is 10.2 Å². The number of nitrogens with zero attached hydrogens (tertiary/aromatic N) is 1. The molecule has 1 fully saturated rings. The molecule has 17 heavy (non-hydrogen) atoms. The van der Waals surface area contributed by atoms with Crippen molar-refractivity contribution >= 4 is 23.6 Å². The first-order valence-corrected chi connectivity index (χ1v) is 7.35. The van der Waals surface area contributed by atoms with Gasteiger partial charge in [-0.3, -0.25) is 9.59 Å². The van der Waals surface area contributed by atoms with E-state index in [-0.39, 0.29) is 11.8 Å². The van der Waals surface area contributed by atoms with Crippen LogP contribution in [0.5, 0.6) is 0 Å². The quantitative estimate of drug-likeness (QED) is 0.826. The van der Waals surface area contributed by atoms with Crippen LogP contribution < -0.4 is 5.32 Å². The summed E-state index contributed by atoms with van der Waals surface area (Å²) in [5.41, 5.74) is -0.730. The average Bonchev–Trinajstić information content (AvgIpc) is 2.41. The third kappa shape index (κ3) is 3.37. The van der Waals surface area contributed by atoms with Gasteiger partial charge in [0.2, 0.25) is 11.8 Å². The van der Waals surface area contributed by atoms with E-state index in [0.29, 0.717) is 31.2 Å². The van der Waals surface area contributed by atoms with Crippen molar-refractivity contribution in [1.82, 2.24) is 10.2 Å². The molecule has 0 aromatic carbocycles. The Labute approximate surface area is 108 Å². The smallest absolute Gasteiger partial charge is 0.248 e. The maximum absolute atomic E-state index is 12.4. The van der Waals surface area contributed by atoms with E-state index >= 15 is 0 Å². The van der Waals surface area contributed by atoms with Gasteiger partial charge in [0, 0.05) is 24.8 Å². The van der Waals surface area contributed by atoms with Crippen molar-refractivity contribution in [3.8, 4) is 0 Å². The third-order valence-corrected chi connectivity index (χ3v) is 4.32. The van der Waals surface area contributed by atoms with Gasteiger partial charge in [0.05, 0.1) is 0 Å². The monoisotopic (exact) mass is 258 g/mol. The van der Waals surface area contributed by atoms with Crippen LogP contribution in [0.25, 0.3) is 0 Å². The van der Waals surface area contributed by atoms with Gasteiger partial charge in [-0.15, -0.1) is 0 Å². The van der Waals surface area contributed by atoms with Crippen LogP contribution in [0.1, 0.15) is 33.6 Å². The number of thioether (sulfide) groups is 1. The topological polar surface area (TPSA) is 49.4 Å². The summed E-state index contributed by atoms with van der Waals surface area (Å²) >= 11 is 1.74. The van der Waals surface area contributed by atoms with E-state index in [1.165, 1.54) is 0 Å². The first kappa shape index (κ1) is 14.4. The zero-order valence-corrected chi connectivity index (χ0v) is 11.9. The fourth-order valence-electron chi connectivity index (χ4n) is 1.91. The number of nitrogens with one attached hydrogen (secondary N) is 1. The number of carbonyl (C=O) groups excluding carboxylic acids is 2. The van der Waals surface area contributed by atoms with Gasteiger partial charge in [-0.25, -0.2) is 0 Å². The molecule has 0 bridgehead atoms. The molecule has 0 radical (unpaired) electrons. The van der Waals surface area contributed by atoms with Crippen molar-refractivity contribution in [2.24, 2.45) is 0 Å². The highest BCUT2D eigenvalue weighted by Crippen LogP contribution is 2.19. The highest BCUT2D eigenvalue weighted by molar-refractivity contribution is 7.99. The van der Waals surface area contributed by atoms with E-state index < -0.39 is 5.54 Å². The van der Waals surface area contributed by atoms with Crippen LogP contribution in [0.15, 0.2) is 0 Å². The van der Waals surface area contributed by atoms with Gasteiger partial charge in [-0.05, 0) is 19.6 Å². The fraction of sp³-hybridized carbons (Fsp3) is 0.833. The van der Waals surface area contributed by atoms with Crippen LogP contribution in [0.4, 0.5) is 0 Å². The van der Waals surface area contributed by atoms with E-state index in [0.717, 1.165) is 0 Å². The molecular weight excluding hydrogens is 236 g/mol. The molecule has 5 heteroatoms. The Morgan fingerprint density at radius 3 is 2.71 bits per heavy atom. The van der Waals surface area contributed by atoms with Crippen LogP contribution in [0, 0.1) is 0 Å². The minimum atomic E-state index is -0.730. The molecule has 1 heterocycles. The summed E-state index contributed by atoms with van der Waals surface area (Å²) in [7, 11) is 0. The van der Waals surface area contributed by atoms with Crippen molar-refractivity contribution in [1.29, 1.82) is 0 Å². The Morgan fingerprint density at radius 1 is 1.53 bits per heavy atom. The Bertz CT molecular complexity index is 309. The van der Waals surface area contributed by atoms with Crippen molar-refractivity contribution in [2.45, 2.75) is 44.4 Å². The molecule has 0 aliphatic carbocycles. The second kappa shape index (κ2) is 5.76. The molecule has 2 amide bonds. The molecule has 1 rings (SSSR count). The van der Waals surface area contributed by atoms with Gasteiger partial charge in [0.1, 0.15) is 5.54 Å². The molecule has 0 spiro atoms. The highest BCUT2D eigenvalue weighted by atomic mass is 32.2. The Morgan fingerprint density at radius 2 is 2.18 bits per heavy atom. The van der Waals surface area contributed by atoms with E-state index in [2.05, 4.69) is 12.2 Å². The standard InChI is InChI=1S/C12H22N2O2S/c1-5-12(3)11(16)14(8-9(2)17-4)7-6-10(15)13-12/h9H,5-8H2,1-4H3,(H,13,15). The molecule has 1 aliphatic heterocycles. The SMILES string of the molecule is CCC1(C)NC(=O)CCN(CC(C)SC)C1=O. The lowest BCUT2D eigenvalue weighted by Gasteiger charge is -2.32. The molecule has 1 N–H and O–H groups in total. The third-order valence-electron chi connectivity index (χ3n) is 3.37. The number of rotatable bonds is 4. The van der Waals surface area contributed by atoms with Crippen LogP contribution in [0.2, 0.25) is 0 Å². The van der Waals surface area contributed by atoms with Gasteiger partial charge >= 0.3 is 0 Å². The number of carbonyl (C=O) groups is 2. The summed E-state index contributed by atoms with van der Waals surface area (Å²) in [6.07, 6.45) is 3.07. The molecular formula is C12H22N2O2S. The molecule has 2 atom stereocenters. The van der Waals surface area contributed by atoms with Crippen molar-refractivity contribution in [2.75, 3.05) is 19.3 Å². The average molecular weight is 258 g/mol. The maximum Gasteiger partial charge on any atom is 0.248 e. The van der Waals surface area contributed by atoms with Crippen molar-refractivity contribution in [3.05, 3.63) is 0 Å². The zero-order chi connectivity index (χ0) is 13.1. The second-order valence-electron chi connectivity index (χ2n) is 4.78. The molecule has 98 valence electrons. The summed E-state index contributed by atoms with van der Waals surface area (Å²) < 4.78 is 0. The van der Waals surface area contributed by atoms with E-state index in [4.69, 9.17) is 0 Å². The highest BCUT2D eigenvalue weighted by Gasteiger charge is 2.39. The first-order valence-electron chi connectivity index (χ1n) is 6.06. The lowest BCUT2D eigenvalue weighted by atomic mass is 9.97. The molecule has 4 nitrogen and oxygen atoms in total. The fourth-order valence-corrected chi connectivity index (χ4v) is 2.24. The van der Waals surface area contributed by atoms with Gasteiger partial charge in [-0.2, -0.15) is 11.8 Å². The molecule has 1 aliphatic rings. The predicted molar refractivity (Wildman–Crippen MR) is 71.0 cm³/mol. The number of hydrogen-bond donors (Lipinski definition) is 1. The van der Waals surface area contributed by atoms with Gasteiger partial charge in [0.15, 0.2) is 0 Å². The molecule has 0 saturated carbocycles. The Kier molecular flexibility index (Phi) is 4.86. The van der Waals surface area contributed by atoms with Crippen LogP contribution in [-0.4, -0.2) is 46.8 Å². The van der Waals surface area contributed by atoms with Gasteiger partial charge in [-0.1, -0.05) is 13.8 Å². The van der Waals surface area contributed by atoms with E-state index in [1.54, 1.807) is 11.8 Å².